The van der Waals surface area contributed by atoms with Crippen LogP contribution in [0.25, 0.3) is 0 Å². The standard InChI is InChI=1S/C15H25N3O/c1-15(2,3)16-11-13-7-8-14(18-17-13)19-10-9-12-5-4-6-12/h7-8,12,16H,4-6,9-11H2,1-3H3. The van der Waals surface area contributed by atoms with Crippen molar-refractivity contribution in [1.82, 2.24) is 15.5 Å². The first-order valence-corrected chi connectivity index (χ1v) is 7.23. The van der Waals surface area contributed by atoms with Gasteiger partial charge < -0.3 is 10.1 Å². The Labute approximate surface area is 116 Å². The molecule has 1 aromatic heterocycles. The molecule has 1 fully saturated rings. The molecule has 0 atom stereocenters. The third-order valence-electron chi connectivity index (χ3n) is 3.50. The van der Waals surface area contributed by atoms with Crippen LogP contribution >= 0.6 is 0 Å². The highest BCUT2D eigenvalue weighted by atomic mass is 16.5. The van der Waals surface area contributed by atoms with Crippen molar-refractivity contribution in [2.45, 2.75) is 58.5 Å². The molecule has 1 heterocycles. The number of nitrogens with zero attached hydrogens (tertiary/aromatic N) is 2. The topological polar surface area (TPSA) is 47.0 Å². The molecule has 1 N–H and O–H groups in total. The van der Waals surface area contributed by atoms with Gasteiger partial charge in [-0.3, -0.25) is 0 Å². The van der Waals surface area contributed by atoms with Gasteiger partial charge in [0.25, 0.3) is 0 Å². The number of ether oxygens (including phenoxy) is 1. The van der Waals surface area contributed by atoms with Crippen LogP contribution in [0.4, 0.5) is 0 Å². The summed E-state index contributed by atoms with van der Waals surface area (Å²) in [5, 5.41) is 11.7. The molecule has 4 nitrogen and oxygen atoms in total. The Balaban J connectivity index is 1.71. The number of hydrogen-bond acceptors (Lipinski definition) is 4. The van der Waals surface area contributed by atoms with Gasteiger partial charge in [-0.15, -0.1) is 5.10 Å². The summed E-state index contributed by atoms with van der Waals surface area (Å²) >= 11 is 0. The summed E-state index contributed by atoms with van der Waals surface area (Å²) in [6.07, 6.45) is 5.27. The van der Waals surface area contributed by atoms with Crippen LogP contribution < -0.4 is 10.1 Å². The molecule has 0 bridgehead atoms. The van der Waals surface area contributed by atoms with Crippen LogP contribution in [0.2, 0.25) is 0 Å². The maximum atomic E-state index is 5.62. The average Bonchev–Trinajstić information content (AvgIpc) is 2.30. The van der Waals surface area contributed by atoms with Crippen molar-refractivity contribution < 1.29 is 4.74 Å². The fourth-order valence-electron chi connectivity index (χ4n) is 1.99. The highest BCUT2D eigenvalue weighted by Crippen LogP contribution is 2.29. The van der Waals surface area contributed by atoms with Gasteiger partial charge in [0.15, 0.2) is 0 Å². The lowest BCUT2D eigenvalue weighted by molar-refractivity contribution is 0.216. The first-order chi connectivity index (χ1) is 9.03. The quantitative estimate of drug-likeness (QED) is 0.857. The van der Waals surface area contributed by atoms with E-state index < -0.39 is 0 Å². The largest absolute Gasteiger partial charge is 0.477 e. The van der Waals surface area contributed by atoms with E-state index in [4.69, 9.17) is 4.74 Å². The molecule has 0 saturated heterocycles. The van der Waals surface area contributed by atoms with E-state index in [-0.39, 0.29) is 5.54 Å². The van der Waals surface area contributed by atoms with Crippen LogP contribution in [-0.4, -0.2) is 22.3 Å². The average molecular weight is 263 g/mol. The summed E-state index contributed by atoms with van der Waals surface area (Å²) in [6, 6.07) is 3.89. The predicted octanol–water partition coefficient (Wildman–Crippen LogP) is 2.93. The minimum absolute atomic E-state index is 0.0968. The molecule has 0 spiro atoms. The minimum Gasteiger partial charge on any atom is -0.477 e. The second-order valence-electron chi connectivity index (χ2n) is 6.40. The molecule has 0 unspecified atom stereocenters. The summed E-state index contributed by atoms with van der Waals surface area (Å²) in [7, 11) is 0. The maximum Gasteiger partial charge on any atom is 0.233 e. The van der Waals surface area contributed by atoms with Gasteiger partial charge in [-0.05, 0) is 39.2 Å². The highest BCUT2D eigenvalue weighted by molar-refractivity contribution is 5.11. The second kappa shape index (κ2) is 6.33. The van der Waals surface area contributed by atoms with E-state index in [1.807, 2.05) is 12.1 Å². The first-order valence-electron chi connectivity index (χ1n) is 7.23. The van der Waals surface area contributed by atoms with Crippen molar-refractivity contribution in [3.05, 3.63) is 17.8 Å². The Bertz CT molecular complexity index is 379. The molecule has 2 rings (SSSR count). The minimum atomic E-state index is 0.0968. The van der Waals surface area contributed by atoms with E-state index in [1.165, 1.54) is 19.3 Å². The molecule has 1 aliphatic rings. The number of nitrogens with one attached hydrogen (secondary N) is 1. The molecular weight excluding hydrogens is 238 g/mol. The van der Waals surface area contributed by atoms with Gasteiger partial charge in [-0.1, -0.05) is 19.3 Å². The van der Waals surface area contributed by atoms with E-state index in [9.17, 15) is 0 Å². The molecule has 4 heteroatoms. The molecule has 0 aliphatic heterocycles. The first kappa shape index (κ1) is 14.3. The summed E-state index contributed by atoms with van der Waals surface area (Å²) in [5.74, 6) is 1.52. The van der Waals surface area contributed by atoms with Crippen molar-refractivity contribution in [1.29, 1.82) is 0 Å². The van der Waals surface area contributed by atoms with Gasteiger partial charge in [0.2, 0.25) is 5.88 Å². The molecule has 0 aromatic carbocycles. The Morgan fingerprint density at radius 3 is 2.58 bits per heavy atom. The number of hydrogen-bond donors (Lipinski definition) is 1. The Morgan fingerprint density at radius 2 is 2.05 bits per heavy atom. The van der Waals surface area contributed by atoms with Gasteiger partial charge in [-0.2, -0.15) is 5.10 Å². The van der Waals surface area contributed by atoms with Gasteiger partial charge >= 0.3 is 0 Å². The molecule has 0 amide bonds. The Morgan fingerprint density at radius 1 is 1.26 bits per heavy atom. The van der Waals surface area contributed by atoms with Crippen LogP contribution in [0, 0.1) is 5.92 Å². The second-order valence-corrected chi connectivity index (χ2v) is 6.40. The van der Waals surface area contributed by atoms with Crippen molar-refractivity contribution in [2.75, 3.05) is 6.61 Å². The fraction of sp³-hybridized carbons (Fsp3) is 0.733. The highest BCUT2D eigenvalue weighted by Gasteiger charge is 2.17. The molecule has 106 valence electrons. The lowest BCUT2D eigenvalue weighted by atomic mass is 9.83. The third-order valence-corrected chi connectivity index (χ3v) is 3.50. The molecule has 19 heavy (non-hydrogen) atoms. The zero-order valence-corrected chi connectivity index (χ0v) is 12.3. The van der Waals surface area contributed by atoms with Gasteiger partial charge in [0.1, 0.15) is 0 Å². The molecular formula is C15H25N3O. The predicted molar refractivity (Wildman–Crippen MR) is 76.1 cm³/mol. The van der Waals surface area contributed by atoms with E-state index in [0.29, 0.717) is 5.88 Å². The summed E-state index contributed by atoms with van der Waals surface area (Å²) in [5.41, 5.74) is 1.04. The van der Waals surface area contributed by atoms with Crippen LogP contribution in [0.15, 0.2) is 12.1 Å². The molecule has 1 aromatic rings. The third kappa shape index (κ3) is 5.15. The molecule has 1 aliphatic carbocycles. The number of rotatable bonds is 6. The maximum absolute atomic E-state index is 5.62. The van der Waals surface area contributed by atoms with Crippen molar-refractivity contribution in [2.24, 2.45) is 5.92 Å². The number of aromatic nitrogens is 2. The monoisotopic (exact) mass is 263 g/mol. The van der Waals surface area contributed by atoms with Crippen LogP contribution in [-0.2, 0) is 6.54 Å². The van der Waals surface area contributed by atoms with E-state index >= 15 is 0 Å². The summed E-state index contributed by atoms with van der Waals surface area (Å²) in [4.78, 5) is 0. The zero-order chi connectivity index (χ0) is 13.7. The lowest BCUT2D eigenvalue weighted by Gasteiger charge is -2.24. The van der Waals surface area contributed by atoms with Crippen molar-refractivity contribution in [3.8, 4) is 5.88 Å². The SMILES string of the molecule is CC(C)(C)NCc1ccc(OCCC2CCC2)nn1. The van der Waals surface area contributed by atoms with Crippen LogP contribution in [0.3, 0.4) is 0 Å². The summed E-state index contributed by atoms with van der Waals surface area (Å²) in [6.45, 7) is 7.91. The van der Waals surface area contributed by atoms with E-state index in [2.05, 4.69) is 36.3 Å². The summed E-state index contributed by atoms with van der Waals surface area (Å²) < 4.78 is 5.62. The Kier molecular flexibility index (Phi) is 4.75. The lowest BCUT2D eigenvalue weighted by Crippen LogP contribution is -2.35. The van der Waals surface area contributed by atoms with E-state index in [0.717, 1.165) is 31.2 Å². The normalized spacial score (nSPS) is 16.2. The fourth-order valence-corrected chi connectivity index (χ4v) is 1.99. The van der Waals surface area contributed by atoms with Crippen molar-refractivity contribution >= 4 is 0 Å². The van der Waals surface area contributed by atoms with Gasteiger partial charge in [0, 0.05) is 18.2 Å². The van der Waals surface area contributed by atoms with Crippen LogP contribution in [0.5, 0.6) is 5.88 Å². The van der Waals surface area contributed by atoms with Crippen LogP contribution in [0.1, 0.15) is 52.1 Å². The zero-order valence-electron chi connectivity index (χ0n) is 12.3. The van der Waals surface area contributed by atoms with E-state index in [1.54, 1.807) is 0 Å². The van der Waals surface area contributed by atoms with Crippen molar-refractivity contribution in [3.63, 3.8) is 0 Å². The molecule has 1 saturated carbocycles. The van der Waals surface area contributed by atoms with Gasteiger partial charge in [-0.25, -0.2) is 0 Å². The Hall–Kier alpha value is -1.16. The molecule has 0 radical (unpaired) electrons. The van der Waals surface area contributed by atoms with Gasteiger partial charge in [0.05, 0.1) is 12.3 Å². The smallest absolute Gasteiger partial charge is 0.233 e.